The lowest BCUT2D eigenvalue weighted by atomic mass is 10.0. The highest BCUT2D eigenvalue weighted by Crippen LogP contribution is 2.18. The second kappa shape index (κ2) is 9.02. The fraction of sp³-hybridized carbons (Fsp3) is 0.174. The summed E-state index contributed by atoms with van der Waals surface area (Å²) in [6, 6.07) is 20.3. The van der Waals surface area contributed by atoms with Crippen molar-refractivity contribution >= 4 is 45.6 Å². The first-order valence-electron chi connectivity index (χ1n) is 9.69. The van der Waals surface area contributed by atoms with Crippen LogP contribution < -0.4 is 10.6 Å². The summed E-state index contributed by atoms with van der Waals surface area (Å²) in [6.45, 7) is 2.26. The van der Waals surface area contributed by atoms with Gasteiger partial charge in [-0.3, -0.25) is 14.9 Å². The van der Waals surface area contributed by atoms with Gasteiger partial charge < -0.3 is 15.0 Å². The Morgan fingerprint density at radius 2 is 1.67 bits per heavy atom. The zero-order valence-corrected chi connectivity index (χ0v) is 17.1. The number of nitrogens with one attached hydrogen (secondary N) is 2. The number of carbonyl (C=O) groups is 2. The van der Waals surface area contributed by atoms with Crippen molar-refractivity contribution in [3.8, 4) is 0 Å². The third-order valence-corrected chi connectivity index (χ3v) is 5.13. The highest BCUT2D eigenvalue weighted by molar-refractivity contribution is 7.80. The first-order chi connectivity index (χ1) is 14.6. The van der Waals surface area contributed by atoms with Gasteiger partial charge in [-0.2, -0.15) is 0 Å². The van der Waals surface area contributed by atoms with Crippen molar-refractivity contribution in [2.45, 2.75) is 0 Å². The molecule has 7 heteroatoms. The van der Waals surface area contributed by atoms with Crippen LogP contribution in [0.15, 0.2) is 66.7 Å². The molecule has 1 fully saturated rings. The van der Waals surface area contributed by atoms with Gasteiger partial charge in [0, 0.05) is 29.9 Å². The summed E-state index contributed by atoms with van der Waals surface area (Å²) in [5.74, 6) is -0.336. The van der Waals surface area contributed by atoms with Gasteiger partial charge in [-0.1, -0.05) is 42.5 Å². The summed E-state index contributed by atoms with van der Waals surface area (Å²) < 4.78 is 5.30. The summed E-state index contributed by atoms with van der Waals surface area (Å²) in [5, 5.41) is 7.73. The van der Waals surface area contributed by atoms with Gasteiger partial charge in [0.25, 0.3) is 11.8 Å². The number of nitrogens with zero attached hydrogens (tertiary/aromatic N) is 1. The molecule has 1 aliphatic rings. The van der Waals surface area contributed by atoms with E-state index in [1.807, 2.05) is 36.4 Å². The van der Waals surface area contributed by atoms with Crippen LogP contribution in [0.25, 0.3) is 10.8 Å². The van der Waals surface area contributed by atoms with E-state index >= 15 is 0 Å². The average molecular weight is 420 g/mol. The average Bonchev–Trinajstić information content (AvgIpc) is 2.78. The van der Waals surface area contributed by atoms with Crippen LogP contribution in [0.2, 0.25) is 0 Å². The van der Waals surface area contributed by atoms with Crippen molar-refractivity contribution < 1.29 is 14.3 Å². The number of fused-ring (bicyclic) bond motifs is 1. The van der Waals surface area contributed by atoms with Crippen molar-refractivity contribution in [3.63, 3.8) is 0 Å². The Bertz CT molecular complexity index is 1100. The van der Waals surface area contributed by atoms with Gasteiger partial charge in [-0.15, -0.1) is 0 Å². The lowest BCUT2D eigenvalue weighted by Crippen LogP contribution is -2.40. The number of anilines is 1. The van der Waals surface area contributed by atoms with Crippen LogP contribution in [0.3, 0.4) is 0 Å². The van der Waals surface area contributed by atoms with E-state index in [1.165, 1.54) is 0 Å². The summed E-state index contributed by atoms with van der Waals surface area (Å²) in [6.07, 6.45) is 0. The Morgan fingerprint density at radius 1 is 0.933 bits per heavy atom. The highest BCUT2D eigenvalue weighted by Gasteiger charge is 2.19. The fourth-order valence-corrected chi connectivity index (χ4v) is 3.65. The number of hydrogen-bond donors (Lipinski definition) is 2. The van der Waals surface area contributed by atoms with Crippen molar-refractivity contribution in [1.82, 2.24) is 10.2 Å². The van der Waals surface area contributed by atoms with E-state index < -0.39 is 0 Å². The number of rotatable bonds is 3. The van der Waals surface area contributed by atoms with Gasteiger partial charge in [0.15, 0.2) is 5.11 Å². The molecule has 3 aromatic carbocycles. The zero-order valence-electron chi connectivity index (χ0n) is 16.3. The molecule has 0 aromatic heterocycles. The predicted molar refractivity (Wildman–Crippen MR) is 121 cm³/mol. The van der Waals surface area contributed by atoms with E-state index in [0.717, 1.165) is 10.8 Å². The molecule has 2 amide bonds. The Morgan fingerprint density at radius 3 is 2.50 bits per heavy atom. The lowest BCUT2D eigenvalue weighted by molar-refractivity contribution is 0.0303. The molecule has 2 N–H and O–H groups in total. The third kappa shape index (κ3) is 4.48. The molecule has 0 unspecified atom stereocenters. The van der Waals surface area contributed by atoms with E-state index in [-0.39, 0.29) is 16.9 Å². The number of hydrogen-bond acceptors (Lipinski definition) is 4. The maximum absolute atomic E-state index is 12.7. The topological polar surface area (TPSA) is 70.7 Å². The maximum atomic E-state index is 12.7. The molecule has 0 atom stereocenters. The summed E-state index contributed by atoms with van der Waals surface area (Å²) in [7, 11) is 0. The molecule has 1 saturated heterocycles. The molecule has 152 valence electrons. The smallest absolute Gasteiger partial charge is 0.258 e. The molecule has 0 aliphatic carbocycles. The first-order valence-corrected chi connectivity index (χ1v) is 10.1. The lowest BCUT2D eigenvalue weighted by Gasteiger charge is -2.27. The zero-order chi connectivity index (χ0) is 20.9. The highest BCUT2D eigenvalue weighted by atomic mass is 32.1. The Hall–Kier alpha value is -3.29. The summed E-state index contributed by atoms with van der Waals surface area (Å²) in [4.78, 5) is 27.2. The Labute approximate surface area is 179 Å². The largest absolute Gasteiger partial charge is 0.378 e. The summed E-state index contributed by atoms with van der Waals surface area (Å²) >= 11 is 5.31. The second-order valence-electron chi connectivity index (χ2n) is 6.92. The van der Waals surface area contributed by atoms with Gasteiger partial charge in [0.2, 0.25) is 0 Å². The monoisotopic (exact) mass is 419 g/mol. The van der Waals surface area contributed by atoms with Gasteiger partial charge in [0.05, 0.1) is 13.2 Å². The molecule has 30 heavy (non-hydrogen) atoms. The molecule has 0 spiro atoms. The molecule has 3 aromatic rings. The van der Waals surface area contributed by atoms with Gasteiger partial charge in [0.1, 0.15) is 0 Å². The molecule has 6 nitrogen and oxygen atoms in total. The quantitative estimate of drug-likeness (QED) is 0.637. The Balaban J connectivity index is 1.44. The van der Waals surface area contributed by atoms with Crippen LogP contribution >= 0.6 is 12.2 Å². The third-order valence-electron chi connectivity index (χ3n) is 4.93. The summed E-state index contributed by atoms with van der Waals surface area (Å²) in [5.41, 5.74) is 1.75. The minimum absolute atomic E-state index is 0.0485. The molecule has 1 heterocycles. The number of benzene rings is 3. The van der Waals surface area contributed by atoms with Gasteiger partial charge >= 0.3 is 0 Å². The fourth-order valence-electron chi connectivity index (χ4n) is 3.44. The number of amides is 2. The first kappa shape index (κ1) is 20.0. The van der Waals surface area contributed by atoms with E-state index in [0.29, 0.717) is 43.1 Å². The number of ether oxygens (including phenoxy) is 1. The van der Waals surface area contributed by atoms with Gasteiger partial charge in [-0.05, 0) is 47.3 Å². The van der Waals surface area contributed by atoms with Gasteiger partial charge in [-0.25, -0.2) is 0 Å². The molecular weight excluding hydrogens is 398 g/mol. The standard InChI is InChI=1S/C23H21N3O3S/c27-21(20-10-4-6-16-5-1-2-9-19(16)20)25-23(30)24-18-8-3-7-17(15-18)22(28)26-11-13-29-14-12-26/h1-10,15H,11-14H2,(H2,24,25,27,30). The minimum atomic E-state index is -0.287. The molecule has 0 saturated carbocycles. The van der Waals surface area contributed by atoms with E-state index in [2.05, 4.69) is 10.6 Å². The number of thiocarbonyl (C=S) groups is 1. The minimum Gasteiger partial charge on any atom is -0.378 e. The van der Waals surface area contributed by atoms with Crippen molar-refractivity contribution in [2.24, 2.45) is 0 Å². The number of carbonyl (C=O) groups excluding carboxylic acids is 2. The second-order valence-corrected chi connectivity index (χ2v) is 7.33. The molecule has 0 radical (unpaired) electrons. The SMILES string of the molecule is O=C(NC(=S)Nc1cccc(C(=O)N2CCOCC2)c1)c1cccc2ccccc12. The Kier molecular flexibility index (Phi) is 6.02. The van der Waals surface area contributed by atoms with Crippen LogP contribution in [-0.2, 0) is 4.74 Å². The molecule has 1 aliphatic heterocycles. The predicted octanol–water partition coefficient (Wildman–Crippen LogP) is 3.44. The van der Waals surface area contributed by atoms with Crippen LogP contribution in [0.4, 0.5) is 5.69 Å². The van der Waals surface area contributed by atoms with Crippen LogP contribution in [0, 0.1) is 0 Å². The normalized spacial score (nSPS) is 13.7. The van der Waals surface area contributed by atoms with E-state index in [9.17, 15) is 9.59 Å². The van der Waals surface area contributed by atoms with Crippen LogP contribution in [0.5, 0.6) is 0 Å². The number of morpholine rings is 1. The van der Waals surface area contributed by atoms with Crippen molar-refractivity contribution in [3.05, 3.63) is 77.9 Å². The molecule has 0 bridgehead atoms. The van der Waals surface area contributed by atoms with E-state index in [1.54, 1.807) is 35.2 Å². The van der Waals surface area contributed by atoms with Crippen molar-refractivity contribution in [1.29, 1.82) is 0 Å². The maximum Gasteiger partial charge on any atom is 0.258 e. The van der Waals surface area contributed by atoms with Crippen molar-refractivity contribution in [2.75, 3.05) is 31.6 Å². The van der Waals surface area contributed by atoms with Crippen LogP contribution in [-0.4, -0.2) is 48.1 Å². The van der Waals surface area contributed by atoms with E-state index in [4.69, 9.17) is 17.0 Å². The molecule has 4 rings (SSSR count). The molecular formula is C23H21N3O3S. The van der Waals surface area contributed by atoms with Crippen LogP contribution in [0.1, 0.15) is 20.7 Å².